The number of halogens is 3. The molecule has 10 heteroatoms. The quantitative estimate of drug-likeness (QED) is 0.385. The number of carbonyl (C=O) groups is 2. The van der Waals surface area contributed by atoms with Crippen LogP contribution in [-0.4, -0.2) is 35.4 Å². The number of nitro benzene ring substituents is 1. The minimum Gasteiger partial charge on any atom is -0.452 e. The van der Waals surface area contributed by atoms with Crippen molar-refractivity contribution in [2.75, 3.05) is 13.7 Å². The summed E-state index contributed by atoms with van der Waals surface area (Å²) >= 11 is 17.5. The molecule has 1 amide bonds. The summed E-state index contributed by atoms with van der Waals surface area (Å²) in [6, 6.07) is 8.46. The van der Waals surface area contributed by atoms with Crippen LogP contribution in [0.4, 0.5) is 5.69 Å². The summed E-state index contributed by atoms with van der Waals surface area (Å²) in [5.74, 6) is -1.33. The third kappa shape index (κ3) is 5.56. The molecule has 0 aromatic heterocycles. The highest BCUT2D eigenvalue weighted by Crippen LogP contribution is 2.25. The lowest BCUT2D eigenvalue weighted by Crippen LogP contribution is -2.30. The first kappa shape index (κ1) is 21.0. The summed E-state index contributed by atoms with van der Waals surface area (Å²) in [5, 5.41) is 11.5. The molecule has 0 N–H and O–H groups in total. The van der Waals surface area contributed by atoms with E-state index in [1.165, 1.54) is 24.1 Å². The lowest BCUT2D eigenvalue weighted by molar-refractivity contribution is -0.384. The standard InChI is InChI=1S/C17H13Cl3N2O5/c1-21(8-10-2-4-12(18)14(20)6-10)16(23)9-27-17(24)11-3-5-13(19)15(7-11)22(25)26/h2-7H,8-9H2,1H3. The van der Waals surface area contributed by atoms with Gasteiger partial charge in [0.15, 0.2) is 6.61 Å². The van der Waals surface area contributed by atoms with E-state index in [0.717, 1.165) is 11.6 Å². The average Bonchev–Trinajstić information content (AvgIpc) is 2.62. The van der Waals surface area contributed by atoms with Gasteiger partial charge in [-0.3, -0.25) is 14.9 Å². The van der Waals surface area contributed by atoms with Crippen molar-refractivity contribution in [1.82, 2.24) is 4.90 Å². The summed E-state index contributed by atoms with van der Waals surface area (Å²) in [4.78, 5) is 35.6. The first-order valence-electron chi connectivity index (χ1n) is 7.48. The van der Waals surface area contributed by atoms with Crippen molar-refractivity contribution >= 4 is 52.4 Å². The zero-order valence-electron chi connectivity index (χ0n) is 13.9. The van der Waals surface area contributed by atoms with Crippen LogP contribution in [0.1, 0.15) is 15.9 Å². The summed E-state index contributed by atoms with van der Waals surface area (Å²) in [6.45, 7) is -0.285. The molecule has 0 heterocycles. The van der Waals surface area contributed by atoms with E-state index in [1.54, 1.807) is 18.2 Å². The molecule has 0 bridgehead atoms. The molecule has 0 unspecified atom stereocenters. The number of hydrogen-bond acceptors (Lipinski definition) is 5. The van der Waals surface area contributed by atoms with Crippen LogP contribution in [0.3, 0.4) is 0 Å². The van der Waals surface area contributed by atoms with E-state index < -0.39 is 29.1 Å². The molecular weight excluding hydrogens is 419 g/mol. The van der Waals surface area contributed by atoms with Gasteiger partial charge in [0.25, 0.3) is 11.6 Å². The smallest absolute Gasteiger partial charge is 0.338 e. The highest BCUT2D eigenvalue weighted by molar-refractivity contribution is 6.42. The van der Waals surface area contributed by atoms with Crippen LogP contribution >= 0.6 is 34.8 Å². The maximum Gasteiger partial charge on any atom is 0.338 e. The Morgan fingerprint density at radius 2 is 1.74 bits per heavy atom. The Labute approximate surface area is 169 Å². The van der Waals surface area contributed by atoms with E-state index >= 15 is 0 Å². The third-order valence-corrected chi connectivity index (χ3v) is 4.59. The topological polar surface area (TPSA) is 89.8 Å². The second kappa shape index (κ2) is 9.03. The normalized spacial score (nSPS) is 10.4. The lowest BCUT2D eigenvalue weighted by atomic mass is 10.2. The third-order valence-electron chi connectivity index (χ3n) is 3.53. The van der Waals surface area contributed by atoms with Gasteiger partial charge in [-0.05, 0) is 29.8 Å². The van der Waals surface area contributed by atoms with Crippen molar-refractivity contribution in [3.05, 3.63) is 72.7 Å². The van der Waals surface area contributed by atoms with Crippen molar-refractivity contribution in [2.24, 2.45) is 0 Å². The molecule has 0 saturated heterocycles. The van der Waals surface area contributed by atoms with E-state index in [1.807, 2.05) is 0 Å². The summed E-state index contributed by atoms with van der Waals surface area (Å²) in [6.07, 6.45) is 0. The zero-order chi connectivity index (χ0) is 20.1. The fraction of sp³-hybridized carbons (Fsp3) is 0.176. The van der Waals surface area contributed by atoms with E-state index in [-0.39, 0.29) is 17.1 Å². The fourth-order valence-corrected chi connectivity index (χ4v) is 2.61. The largest absolute Gasteiger partial charge is 0.452 e. The number of nitrogens with zero attached hydrogens (tertiary/aromatic N) is 2. The molecular formula is C17H13Cl3N2O5. The zero-order valence-corrected chi connectivity index (χ0v) is 16.2. The predicted molar refractivity (Wildman–Crippen MR) is 101 cm³/mol. The van der Waals surface area contributed by atoms with Crippen LogP contribution in [0.2, 0.25) is 15.1 Å². The van der Waals surface area contributed by atoms with Crippen molar-refractivity contribution in [3.63, 3.8) is 0 Å². The van der Waals surface area contributed by atoms with Crippen molar-refractivity contribution in [2.45, 2.75) is 6.54 Å². The molecule has 0 spiro atoms. The van der Waals surface area contributed by atoms with Crippen LogP contribution < -0.4 is 0 Å². The number of likely N-dealkylation sites (N-methyl/N-ethyl adjacent to an activating group) is 1. The minimum absolute atomic E-state index is 0.0777. The summed E-state index contributed by atoms with van der Waals surface area (Å²) in [7, 11) is 1.53. The molecule has 2 aromatic rings. The molecule has 0 fully saturated rings. The average molecular weight is 432 g/mol. The number of carbonyl (C=O) groups excluding carboxylic acids is 2. The number of hydrogen-bond donors (Lipinski definition) is 0. The first-order chi connectivity index (χ1) is 12.7. The van der Waals surface area contributed by atoms with Gasteiger partial charge in [-0.25, -0.2) is 4.79 Å². The van der Waals surface area contributed by atoms with Crippen LogP contribution in [0, 0.1) is 10.1 Å². The van der Waals surface area contributed by atoms with Gasteiger partial charge in [-0.15, -0.1) is 0 Å². The monoisotopic (exact) mass is 430 g/mol. The van der Waals surface area contributed by atoms with Gasteiger partial charge in [0, 0.05) is 19.7 Å². The van der Waals surface area contributed by atoms with Crippen LogP contribution in [0.25, 0.3) is 0 Å². The highest BCUT2D eigenvalue weighted by atomic mass is 35.5. The molecule has 2 rings (SSSR count). The molecule has 0 atom stereocenters. The molecule has 142 valence electrons. The van der Waals surface area contributed by atoms with Gasteiger partial charge in [-0.2, -0.15) is 0 Å². The summed E-state index contributed by atoms with van der Waals surface area (Å²) in [5.41, 5.74) is 0.250. The second-order valence-corrected chi connectivity index (χ2v) is 6.72. The van der Waals surface area contributed by atoms with Gasteiger partial charge in [-0.1, -0.05) is 40.9 Å². The van der Waals surface area contributed by atoms with Gasteiger partial charge in [0.05, 0.1) is 20.5 Å². The van der Waals surface area contributed by atoms with Crippen molar-refractivity contribution in [1.29, 1.82) is 0 Å². The van der Waals surface area contributed by atoms with Crippen LogP contribution in [0.5, 0.6) is 0 Å². The Morgan fingerprint density at radius 1 is 1.07 bits per heavy atom. The maximum absolute atomic E-state index is 12.1. The predicted octanol–water partition coefficient (Wildman–Crippen LogP) is 4.37. The van der Waals surface area contributed by atoms with Crippen LogP contribution in [0.15, 0.2) is 36.4 Å². The van der Waals surface area contributed by atoms with Gasteiger partial charge < -0.3 is 9.64 Å². The molecule has 0 saturated carbocycles. The Kier molecular flexibility index (Phi) is 7.01. The second-order valence-electron chi connectivity index (χ2n) is 5.50. The summed E-state index contributed by atoms with van der Waals surface area (Å²) < 4.78 is 4.92. The molecule has 0 aliphatic carbocycles. The molecule has 0 radical (unpaired) electrons. The minimum atomic E-state index is -0.869. The Bertz CT molecular complexity index is 904. The number of benzene rings is 2. The number of nitro groups is 1. The lowest BCUT2D eigenvalue weighted by Gasteiger charge is -2.17. The maximum atomic E-state index is 12.1. The van der Waals surface area contributed by atoms with E-state index in [4.69, 9.17) is 39.5 Å². The highest BCUT2D eigenvalue weighted by Gasteiger charge is 2.19. The number of esters is 1. The Morgan fingerprint density at radius 3 is 2.37 bits per heavy atom. The van der Waals surface area contributed by atoms with Crippen LogP contribution in [-0.2, 0) is 16.1 Å². The fourth-order valence-electron chi connectivity index (χ4n) is 2.10. The SMILES string of the molecule is CN(Cc1ccc(Cl)c(Cl)c1)C(=O)COC(=O)c1ccc(Cl)c([N+](=O)[O-])c1. The van der Waals surface area contributed by atoms with Gasteiger partial charge in [0.2, 0.25) is 0 Å². The van der Waals surface area contributed by atoms with E-state index in [0.29, 0.717) is 10.0 Å². The van der Waals surface area contributed by atoms with Crippen molar-refractivity contribution < 1.29 is 19.2 Å². The molecule has 2 aromatic carbocycles. The van der Waals surface area contributed by atoms with Gasteiger partial charge >= 0.3 is 5.97 Å². The first-order valence-corrected chi connectivity index (χ1v) is 8.61. The Hall–Kier alpha value is -2.35. The molecule has 0 aliphatic heterocycles. The van der Waals surface area contributed by atoms with Gasteiger partial charge in [0.1, 0.15) is 5.02 Å². The number of ether oxygens (including phenoxy) is 1. The molecule has 0 aliphatic rings. The van der Waals surface area contributed by atoms with Crippen molar-refractivity contribution in [3.8, 4) is 0 Å². The number of amides is 1. The Balaban J connectivity index is 1.96. The molecule has 7 nitrogen and oxygen atoms in total. The van der Waals surface area contributed by atoms with E-state index in [2.05, 4.69) is 0 Å². The molecule has 27 heavy (non-hydrogen) atoms. The number of rotatable bonds is 6. The van der Waals surface area contributed by atoms with E-state index in [9.17, 15) is 19.7 Å².